The topological polar surface area (TPSA) is 19.7 Å². The molecular weight excluding hydrogens is 112 g/mol. The number of nitrogens with zero attached hydrogens (tertiary/aromatic N) is 1. The summed E-state index contributed by atoms with van der Waals surface area (Å²) in [4.78, 5) is 0. The van der Waals surface area contributed by atoms with E-state index >= 15 is 0 Å². The van der Waals surface area contributed by atoms with Crippen LogP contribution in [0.2, 0.25) is 5.02 Å². The van der Waals surface area contributed by atoms with E-state index in [9.17, 15) is 0 Å². The summed E-state index contributed by atoms with van der Waals surface area (Å²) in [5.74, 6) is 0. The second kappa shape index (κ2) is 1.54. The Kier molecular flexibility index (Phi) is 1.02. The van der Waals surface area contributed by atoms with Gasteiger partial charge in [-0.25, -0.2) is 0 Å². The molecule has 0 fully saturated rings. The average Bonchev–Trinajstić information content (AvgIpc) is 1.87. The number of halogens is 1. The summed E-state index contributed by atoms with van der Waals surface area (Å²) in [5.41, 5.74) is 0. The summed E-state index contributed by atoms with van der Waals surface area (Å²) in [6, 6.07) is 0. The van der Waals surface area contributed by atoms with Crippen molar-refractivity contribution in [3.63, 3.8) is 0 Å². The maximum absolute atomic E-state index is 5.51. The largest absolute Gasteiger partial charge is 0.213 e. The fourth-order valence-corrected chi connectivity index (χ4v) is 0.618. The van der Waals surface area contributed by atoms with Gasteiger partial charge < -0.3 is 0 Å². The molecule has 1 aromatic rings. The van der Waals surface area contributed by atoms with Gasteiger partial charge in [-0.15, -0.1) is 4.68 Å². The Labute approximate surface area is 46.7 Å². The molecule has 0 aliphatic rings. The lowest BCUT2D eigenvalue weighted by molar-refractivity contribution is -0.726. The molecule has 0 aromatic carbocycles. The number of rotatable bonds is 0. The van der Waals surface area contributed by atoms with Gasteiger partial charge in [0.2, 0.25) is 6.20 Å². The predicted octanol–water partition coefficient (Wildman–Crippen LogP) is 0.493. The highest BCUT2D eigenvalue weighted by molar-refractivity contribution is 6.30. The van der Waals surface area contributed by atoms with Gasteiger partial charge in [0.1, 0.15) is 5.02 Å². The third kappa shape index (κ3) is 0.933. The van der Waals surface area contributed by atoms with E-state index in [1.807, 2.05) is 7.05 Å². The van der Waals surface area contributed by atoms with Gasteiger partial charge in [-0.1, -0.05) is 11.6 Å². The van der Waals surface area contributed by atoms with Crippen LogP contribution >= 0.6 is 11.6 Å². The van der Waals surface area contributed by atoms with Gasteiger partial charge >= 0.3 is 0 Å². The molecule has 2 nitrogen and oxygen atoms in total. The lowest BCUT2D eigenvalue weighted by Gasteiger charge is -1.65. The molecular formula is C4H6ClN2+. The van der Waals surface area contributed by atoms with E-state index in [4.69, 9.17) is 11.6 Å². The molecule has 1 N–H and O–H groups in total. The Morgan fingerprint density at radius 3 is 2.71 bits per heavy atom. The maximum atomic E-state index is 5.51. The summed E-state index contributed by atoms with van der Waals surface area (Å²) < 4.78 is 1.78. The van der Waals surface area contributed by atoms with E-state index in [-0.39, 0.29) is 0 Å². The number of aryl methyl sites for hydroxylation is 1. The van der Waals surface area contributed by atoms with Crippen LogP contribution in [-0.4, -0.2) is 5.10 Å². The Morgan fingerprint density at radius 2 is 2.57 bits per heavy atom. The number of hydrogen-bond donors (Lipinski definition) is 1. The highest BCUT2D eigenvalue weighted by atomic mass is 35.5. The molecule has 38 valence electrons. The third-order valence-corrected chi connectivity index (χ3v) is 0.930. The van der Waals surface area contributed by atoms with Gasteiger partial charge in [-0.05, 0) is 0 Å². The average molecular weight is 118 g/mol. The van der Waals surface area contributed by atoms with Crippen molar-refractivity contribution in [2.75, 3.05) is 0 Å². The zero-order valence-electron chi connectivity index (χ0n) is 3.98. The van der Waals surface area contributed by atoms with Crippen LogP contribution in [0, 0.1) is 0 Å². The van der Waals surface area contributed by atoms with Crippen LogP contribution in [0.25, 0.3) is 0 Å². The van der Waals surface area contributed by atoms with E-state index < -0.39 is 0 Å². The van der Waals surface area contributed by atoms with E-state index in [0.717, 1.165) is 5.02 Å². The first-order valence-electron chi connectivity index (χ1n) is 1.98. The summed E-state index contributed by atoms with van der Waals surface area (Å²) in [6.45, 7) is 0. The van der Waals surface area contributed by atoms with Gasteiger partial charge in [0.15, 0.2) is 7.05 Å². The SMILES string of the molecule is C[n+]1cc(Cl)c[nH]1. The number of aromatic nitrogens is 2. The van der Waals surface area contributed by atoms with Crippen molar-refractivity contribution in [2.45, 2.75) is 0 Å². The number of aromatic amines is 1. The van der Waals surface area contributed by atoms with Crippen LogP contribution in [0.3, 0.4) is 0 Å². The molecule has 0 saturated carbocycles. The van der Waals surface area contributed by atoms with Gasteiger partial charge in [0.25, 0.3) is 0 Å². The summed E-state index contributed by atoms with van der Waals surface area (Å²) in [5, 5.41) is 3.59. The molecule has 0 atom stereocenters. The van der Waals surface area contributed by atoms with Crippen molar-refractivity contribution in [2.24, 2.45) is 7.05 Å². The van der Waals surface area contributed by atoms with Crippen LogP contribution in [0.1, 0.15) is 0 Å². The van der Waals surface area contributed by atoms with Gasteiger partial charge in [-0.3, -0.25) is 0 Å². The van der Waals surface area contributed by atoms with Crippen molar-refractivity contribution in [3.05, 3.63) is 17.4 Å². The van der Waals surface area contributed by atoms with E-state index in [0.29, 0.717) is 0 Å². The molecule has 0 radical (unpaired) electrons. The van der Waals surface area contributed by atoms with Crippen molar-refractivity contribution in [1.82, 2.24) is 5.10 Å². The normalized spacial score (nSPS) is 9.43. The quantitative estimate of drug-likeness (QED) is 0.478. The monoisotopic (exact) mass is 117 g/mol. The van der Waals surface area contributed by atoms with E-state index in [1.165, 1.54) is 0 Å². The highest BCUT2D eigenvalue weighted by Gasteiger charge is 1.92. The lowest BCUT2D eigenvalue weighted by atomic mass is 10.7. The fourth-order valence-electron chi connectivity index (χ4n) is 0.423. The number of hydrogen-bond acceptors (Lipinski definition) is 0. The van der Waals surface area contributed by atoms with Crippen LogP contribution in [0.5, 0.6) is 0 Å². The van der Waals surface area contributed by atoms with Crippen LogP contribution in [-0.2, 0) is 7.05 Å². The summed E-state index contributed by atoms with van der Waals surface area (Å²) >= 11 is 5.51. The number of H-pyrrole nitrogens is 1. The molecule has 0 saturated heterocycles. The van der Waals surface area contributed by atoms with Gasteiger partial charge in [-0.2, -0.15) is 5.10 Å². The zero-order chi connectivity index (χ0) is 5.28. The molecule has 3 heteroatoms. The van der Waals surface area contributed by atoms with Crippen LogP contribution in [0.15, 0.2) is 12.4 Å². The standard InChI is InChI=1S/C4H5ClN2/c1-7-3-4(5)2-6-7/h2-3H,1H3/p+1. The highest BCUT2D eigenvalue weighted by Crippen LogP contribution is 1.98. The minimum Gasteiger partial charge on any atom is -0.172 e. The van der Waals surface area contributed by atoms with E-state index in [2.05, 4.69) is 5.10 Å². The first-order valence-corrected chi connectivity index (χ1v) is 2.36. The molecule has 0 spiro atoms. The Bertz CT molecular complexity index is 142. The maximum Gasteiger partial charge on any atom is 0.213 e. The van der Waals surface area contributed by atoms with Crippen LogP contribution in [0.4, 0.5) is 0 Å². The lowest BCUT2D eigenvalue weighted by Crippen LogP contribution is -2.27. The van der Waals surface area contributed by atoms with Crippen molar-refractivity contribution < 1.29 is 4.68 Å². The van der Waals surface area contributed by atoms with Crippen molar-refractivity contribution in [1.29, 1.82) is 0 Å². The second-order valence-corrected chi connectivity index (χ2v) is 1.83. The Balaban J connectivity index is 3.04. The molecule has 0 unspecified atom stereocenters. The molecule has 0 bridgehead atoms. The van der Waals surface area contributed by atoms with E-state index in [1.54, 1.807) is 17.1 Å². The Morgan fingerprint density at radius 1 is 1.86 bits per heavy atom. The molecule has 7 heavy (non-hydrogen) atoms. The van der Waals surface area contributed by atoms with Crippen LogP contribution < -0.4 is 4.68 Å². The fraction of sp³-hybridized carbons (Fsp3) is 0.250. The minimum atomic E-state index is 0.738. The summed E-state index contributed by atoms with van der Waals surface area (Å²) in [6.07, 6.45) is 3.52. The molecule has 0 amide bonds. The zero-order valence-corrected chi connectivity index (χ0v) is 4.74. The predicted molar refractivity (Wildman–Crippen MR) is 27.0 cm³/mol. The first kappa shape index (κ1) is 4.65. The Hall–Kier alpha value is -0.500. The molecule has 0 aliphatic carbocycles. The molecule has 1 heterocycles. The first-order chi connectivity index (χ1) is 3.29. The number of nitrogens with one attached hydrogen (secondary N) is 1. The smallest absolute Gasteiger partial charge is 0.172 e. The molecule has 0 aliphatic heterocycles. The second-order valence-electron chi connectivity index (χ2n) is 1.40. The van der Waals surface area contributed by atoms with Crippen molar-refractivity contribution in [3.8, 4) is 0 Å². The molecule has 1 rings (SSSR count). The summed E-state index contributed by atoms with van der Waals surface area (Å²) in [7, 11) is 1.88. The van der Waals surface area contributed by atoms with Gasteiger partial charge in [0.05, 0.1) is 6.20 Å². The third-order valence-electron chi connectivity index (χ3n) is 0.723. The van der Waals surface area contributed by atoms with Gasteiger partial charge in [0, 0.05) is 0 Å². The van der Waals surface area contributed by atoms with Crippen molar-refractivity contribution >= 4 is 11.6 Å². The molecule has 1 aromatic heterocycles. The minimum absolute atomic E-state index is 0.738.